The first kappa shape index (κ1) is 9.86. The maximum atomic E-state index is 13.4. The second kappa shape index (κ2) is 4.23. The SMILES string of the molecule is NCc1cn[nH]c1Cc1ccccc1F. The van der Waals surface area contributed by atoms with Gasteiger partial charge in [-0.15, -0.1) is 0 Å². The van der Waals surface area contributed by atoms with E-state index in [1.54, 1.807) is 18.3 Å². The van der Waals surface area contributed by atoms with Crippen LogP contribution in [0.2, 0.25) is 0 Å². The predicted octanol–water partition coefficient (Wildman–Crippen LogP) is 1.60. The number of aromatic nitrogens is 2. The quantitative estimate of drug-likeness (QED) is 0.799. The molecule has 4 heteroatoms. The molecule has 0 radical (unpaired) electrons. The third-order valence-electron chi connectivity index (χ3n) is 2.35. The molecule has 0 aliphatic rings. The van der Waals surface area contributed by atoms with E-state index in [0.717, 1.165) is 11.3 Å². The van der Waals surface area contributed by atoms with Crippen molar-refractivity contribution in [3.05, 3.63) is 53.1 Å². The number of nitrogens with two attached hydrogens (primary N) is 1. The number of nitrogens with zero attached hydrogens (tertiary/aromatic N) is 1. The molecule has 0 unspecified atom stereocenters. The van der Waals surface area contributed by atoms with Gasteiger partial charge >= 0.3 is 0 Å². The van der Waals surface area contributed by atoms with E-state index in [1.807, 2.05) is 6.07 Å². The number of rotatable bonds is 3. The Morgan fingerprint density at radius 2 is 2.07 bits per heavy atom. The van der Waals surface area contributed by atoms with Crippen LogP contribution in [0.4, 0.5) is 4.39 Å². The maximum absolute atomic E-state index is 13.4. The average Bonchev–Trinajstić information content (AvgIpc) is 2.69. The highest BCUT2D eigenvalue weighted by atomic mass is 19.1. The Kier molecular flexibility index (Phi) is 2.78. The molecule has 1 heterocycles. The van der Waals surface area contributed by atoms with Crippen molar-refractivity contribution in [3.63, 3.8) is 0 Å². The van der Waals surface area contributed by atoms with Crippen molar-refractivity contribution in [2.24, 2.45) is 5.73 Å². The topological polar surface area (TPSA) is 54.7 Å². The monoisotopic (exact) mass is 205 g/mol. The predicted molar refractivity (Wildman–Crippen MR) is 55.7 cm³/mol. The van der Waals surface area contributed by atoms with Gasteiger partial charge in [-0.05, 0) is 11.6 Å². The highest BCUT2D eigenvalue weighted by Gasteiger charge is 2.07. The van der Waals surface area contributed by atoms with Crippen molar-refractivity contribution < 1.29 is 4.39 Å². The second-order valence-corrected chi connectivity index (χ2v) is 3.35. The summed E-state index contributed by atoms with van der Waals surface area (Å²) in [6.45, 7) is 0.417. The maximum Gasteiger partial charge on any atom is 0.126 e. The lowest BCUT2D eigenvalue weighted by Gasteiger charge is -2.02. The molecule has 78 valence electrons. The molecule has 0 aliphatic heterocycles. The lowest BCUT2D eigenvalue weighted by Crippen LogP contribution is -2.01. The molecule has 2 rings (SSSR count). The summed E-state index contributed by atoms with van der Waals surface area (Å²) in [4.78, 5) is 0. The Hall–Kier alpha value is -1.68. The van der Waals surface area contributed by atoms with Crippen LogP contribution in [-0.4, -0.2) is 10.2 Å². The van der Waals surface area contributed by atoms with Gasteiger partial charge in [-0.2, -0.15) is 5.10 Å². The van der Waals surface area contributed by atoms with Gasteiger partial charge in [0.05, 0.1) is 6.20 Å². The molecular formula is C11H12FN3. The fraction of sp³-hybridized carbons (Fsp3) is 0.182. The summed E-state index contributed by atoms with van der Waals surface area (Å²) in [7, 11) is 0. The number of H-pyrrole nitrogens is 1. The molecule has 0 atom stereocenters. The molecule has 3 nitrogen and oxygen atoms in total. The molecule has 3 N–H and O–H groups in total. The normalized spacial score (nSPS) is 10.5. The van der Waals surface area contributed by atoms with Gasteiger partial charge in [-0.25, -0.2) is 4.39 Å². The highest BCUT2D eigenvalue weighted by Crippen LogP contribution is 2.13. The minimum Gasteiger partial charge on any atom is -0.326 e. The summed E-state index contributed by atoms with van der Waals surface area (Å²) >= 11 is 0. The lowest BCUT2D eigenvalue weighted by molar-refractivity contribution is 0.613. The van der Waals surface area contributed by atoms with E-state index in [0.29, 0.717) is 18.5 Å². The fourth-order valence-electron chi connectivity index (χ4n) is 1.50. The standard InChI is InChI=1S/C11H12FN3/c12-10-4-2-1-3-8(10)5-11-9(6-13)7-14-15-11/h1-4,7H,5-6,13H2,(H,14,15). The van der Waals surface area contributed by atoms with Crippen LogP contribution >= 0.6 is 0 Å². The first-order valence-corrected chi connectivity index (χ1v) is 4.76. The minimum atomic E-state index is -0.199. The van der Waals surface area contributed by atoms with Crippen molar-refractivity contribution in [1.82, 2.24) is 10.2 Å². The van der Waals surface area contributed by atoms with Crippen LogP contribution in [0.15, 0.2) is 30.5 Å². The van der Waals surface area contributed by atoms with Gasteiger partial charge in [0.15, 0.2) is 0 Å². The van der Waals surface area contributed by atoms with Gasteiger partial charge in [-0.3, -0.25) is 5.10 Å². The van der Waals surface area contributed by atoms with Crippen LogP contribution < -0.4 is 5.73 Å². The Bertz CT molecular complexity index is 451. The van der Waals surface area contributed by atoms with E-state index in [9.17, 15) is 4.39 Å². The Balaban J connectivity index is 2.26. The third kappa shape index (κ3) is 2.05. The number of aromatic amines is 1. The summed E-state index contributed by atoms with van der Waals surface area (Å²) in [5.74, 6) is -0.199. The van der Waals surface area contributed by atoms with Gasteiger partial charge in [0.1, 0.15) is 5.82 Å². The summed E-state index contributed by atoms with van der Waals surface area (Å²) in [5, 5.41) is 6.73. The lowest BCUT2D eigenvalue weighted by atomic mass is 10.1. The zero-order valence-electron chi connectivity index (χ0n) is 8.20. The number of hydrogen-bond acceptors (Lipinski definition) is 2. The number of benzene rings is 1. The van der Waals surface area contributed by atoms with Crippen LogP contribution in [0.5, 0.6) is 0 Å². The van der Waals surface area contributed by atoms with Crippen molar-refractivity contribution >= 4 is 0 Å². The summed E-state index contributed by atoms with van der Waals surface area (Å²) in [6, 6.07) is 6.71. The van der Waals surface area contributed by atoms with E-state index >= 15 is 0 Å². The average molecular weight is 205 g/mol. The van der Waals surface area contributed by atoms with Crippen LogP contribution in [-0.2, 0) is 13.0 Å². The summed E-state index contributed by atoms with van der Waals surface area (Å²) in [6.07, 6.45) is 2.18. The number of hydrogen-bond donors (Lipinski definition) is 2. The molecule has 0 saturated carbocycles. The van der Waals surface area contributed by atoms with E-state index in [4.69, 9.17) is 5.73 Å². The van der Waals surface area contributed by atoms with E-state index in [2.05, 4.69) is 10.2 Å². The van der Waals surface area contributed by atoms with Gasteiger partial charge in [-0.1, -0.05) is 18.2 Å². The van der Waals surface area contributed by atoms with Gasteiger partial charge < -0.3 is 5.73 Å². The molecule has 1 aromatic carbocycles. The van der Waals surface area contributed by atoms with Crippen molar-refractivity contribution in [2.75, 3.05) is 0 Å². The Morgan fingerprint density at radius 1 is 1.27 bits per heavy atom. The molecule has 0 fully saturated rings. The number of halogens is 1. The van der Waals surface area contributed by atoms with Crippen LogP contribution in [0.3, 0.4) is 0 Å². The third-order valence-corrected chi connectivity index (χ3v) is 2.35. The first-order valence-electron chi connectivity index (χ1n) is 4.76. The van der Waals surface area contributed by atoms with Gasteiger partial charge in [0.25, 0.3) is 0 Å². The molecule has 0 saturated heterocycles. The summed E-state index contributed by atoms with van der Waals surface area (Å²) in [5.41, 5.74) is 7.99. The molecule has 0 bridgehead atoms. The molecule has 15 heavy (non-hydrogen) atoms. The molecule has 0 amide bonds. The zero-order chi connectivity index (χ0) is 10.7. The highest BCUT2D eigenvalue weighted by molar-refractivity contribution is 5.26. The van der Waals surface area contributed by atoms with Crippen LogP contribution in [0.25, 0.3) is 0 Å². The zero-order valence-corrected chi connectivity index (χ0v) is 8.20. The largest absolute Gasteiger partial charge is 0.326 e. The number of nitrogens with one attached hydrogen (secondary N) is 1. The smallest absolute Gasteiger partial charge is 0.126 e. The Morgan fingerprint density at radius 3 is 2.80 bits per heavy atom. The fourth-order valence-corrected chi connectivity index (χ4v) is 1.50. The minimum absolute atomic E-state index is 0.199. The van der Waals surface area contributed by atoms with E-state index in [1.165, 1.54) is 6.07 Å². The van der Waals surface area contributed by atoms with Gasteiger partial charge in [0.2, 0.25) is 0 Å². The van der Waals surface area contributed by atoms with E-state index in [-0.39, 0.29) is 5.82 Å². The van der Waals surface area contributed by atoms with Crippen LogP contribution in [0.1, 0.15) is 16.8 Å². The molecule has 0 aliphatic carbocycles. The molecule has 2 aromatic rings. The Labute approximate surface area is 87.1 Å². The molecular weight excluding hydrogens is 193 g/mol. The van der Waals surface area contributed by atoms with Gasteiger partial charge in [0, 0.05) is 24.2 Å². The molecule has 1 aromatic heterocycles. The van der Waals surface area contributed by atoms with Crippen molar-refractivity contribution in [2.45, 2.75) is 13.0 Å². The van der Waals surface area contributed by atoms with Crippen molar-refractivity contribution in [1.29, 1.82) is 0 Å². The second-order valence-electron chi connectivity index (χ2n) is 3.35. The summed E-state index contributed by atoms with van der Waals surface area (Å²) < 4.78 is 13.4. The van der Waals surface area contributed by atoms with Crippen molar-refractivity contribution in [3.8, 4) is 0 Å². The van der Waals surface area contributed by atoms with E-state index < -0.39 is 0 Å². The van der Waals surface area contributed by atoms with Crippen LogP contribution in [0, 0.1) is 5.82 Å². The first-order chi connectivity index (χ1) is 7.31. The molecule has 0 spiro atoms.